The summed E-state index contributed by atoms with van der Waals surface area (Å²) in [6.07, 6.45) is 5.01. The van der Waals surface area contributed by atoms with Crippen LogP contribution < -0.4 is 15.5 Å². The van der Waals surface area contributed by atoms with Crippen molar-refractivity contribution in [2.24, 2.45) is 0 Å². The van der Waals surface area contributed by atoms with Crippen LogP contribution in [0.3, 0.4) is 0 Å². The maximum absolute atomic E-state index is 11.9. The average molecular weight is 331 g/mol. The molecule has 6 nitrogen and oxygen atoms in total. The number of piperidine rings is 1. The molecule has 0 radical (unpaired) electrons. The molecule has 0 spiro atoms. The number of ether oxygens (including phenoxy) is 1. The largest absolute Gasteiger partial charge is 0.372 e. The number of nitrogens with one attached hydrogen (secondary N) is 2. The van der Waals surface area contributed by atoms with Crippen molar-refractivity contribution < 1.29 is 14.3 Å². The molecule has 0 aromatic heterocycles. The number of carbonyl (C=O) groups excluding carboxylic acids is 2. The first-order chi connectivity index (χ1) is 11.7. The number of hydrogen-bond donors (Lipinski definition) is 2. The van der Waals surface area contributed by atoms with E-state index in [-0.39, 0.29) is 18.4 Å². The maximum atomic E-state index is 11.9. The van der Waals surface area contributed by atoms with Gasteiger partial charge in [-0.2, -0.15) is 0 Å². The summed E-state index contributed by atoms with van der Waals surface area (Å²) in [7, 11) is 0. The first-order valence-electron chi connectivity index (χ1n) is 8.76. The summed E-state index contributed by atoms with van der Waals surface area (Å²) in [5.74, 6) is -0.435. The van der Waals surface area contributed by atoms with E-state index in [2.05, 4.69) is 15.5 Å². The van der Waals surface area contributed by atoms with Crippen molar-refractivity contribution in [3.8, 4) is 0 Å². The standard InChI is InChI=1S/C18H25N3O3/c22-17(13-19-18(23)16-5-4-12-24-16)20-14-6-8-15(9-7-14)21-10-2-1-3-11-21/h6-9,16H,1-5,10-13H2,(H,19,23)(H,20,22). The molecule has 0 saturated carbocycles. The van der Waals surface area contributed by atoms with Gasteiger partial charge in [0, 0.05) is 31.1 Å². The summed E-state index contributed by atoms with van der Waals surface area (Å²) in [6, 6.07) is 7.88. The number of rotatable bonds is 5. The summed E-state index contributed by atoms with van der Waals surface area (Å²) in [4.78, 5) is 26.1. The van der Waals surface area contributed by atoms with Gasteiger partial charge in [-0.1, -0.05) is 0 Å². The van der Waals surface area contributed by atoms with Crippen LogP contribution in [0.15, 0.2) is 24.3 Å². The summed E-state index contributed by atoms with van der Waals surface area (Å²) in [6.45, 7) is 2.78. The fourth-order valence-corrected chi connectivity index (χ4v) is 3.18. The third kappa shape index (κ3) is 4.47. The van der Waals surface area contributed by atoms with E-state index in [4.69, 9.17) is 4.74 Å². The Morgan fingerprint density at radius 2 is 1.83 bits per heavy atom. The topological polar surface area (TPSA) is 70.7 Å². The lowest BCUT2D eigenvalue weighted by Gasteiger charge is -2.28. The minimum atomic E-state index is -0.401. The van der Waals surface area contributed by atoms with Gasteiger partial charge < -0.3 is 20.3 Å². The fraction of sp³-hybridized carbons (Fsp3) is 0.556. The van der Waals surface area contributed by atoms with Gasteiger partial charge in [0.25, 0.3) is 0 Å². The Kier molecular flexibility index (Phi) is 5.69. The first-order valence-corrected chi connectivity index (χ1v) is 8.76. The predicted octanol–water partition coefficient (Wildman–Crippen LogP) is 1.91. The molecule has 2 heterocycles. The third-order valence-electron chi connectivity index (χ3n) is 4.52. The number of anilines is 2. The van der Waals surface area contributed by atoms with Gasteiger partial charge in [0.1, 0.15) is 6.10 Å². The lowest BCUT2D eigenvalue weighted by molar-refractivity contribution is -0.131. The van der Waals surface area contributed by atoms with Gasteiger partial charge in [-0.25, -0.2) is 0 Å². The fourth-order valence-electron chi connectivity index (χ4n) is 3.18. The molecule has 1 aromatic rings. The van der Waals surface area contributed by atoms with Crippen molar-refractivity contribution in [3.05, 3.63) is 24.3 Å². The van der Waals surface area contributed by atoms with Gasteiger partial charge in [0.2, 0.25) is 11.8 Å². The Balaban J connectivity index is 1.44. The Morgan fingerprint density at radius 3 is 2.50 bits per heavy atom. The van der Waals surface area contributed by atoms with Crippen LogP contribution in [0.4, 0.5) is 11.4 Å². The number of carbonyl (C=O) groups is 2. The molecule has 2 N–H and O–H groups in total. The van der Waals surface area contributed by atoms with Crippen molar-refractivity contribution in [1.29, 1.82) is 0 Å². The number of nitrogens with zero attached hydrogens (tertiary/aromatic N) is 1. The Bertz CT molecular complexity index is 561. The number of amides is 2. The number of hydrogen-bond acceptors (Lipinski definition) is 4. The van der Waals surface area contributed by atoms with Crippen molar-refractivity contribution in [2.75, 3.05) is 36.5 Å². The van der Waals surface area contributed by atoms with E-state index < -0.39 is 6.10 Å². The van der Waals surface area contributed by atoms with E-state index in [9.17, 15) is 9.59 Å². The normalized spacial score (nSPS) is 20.7. The zero-order valence-electron chi connectivity index (χ0n) is 13.9. The van der Waals surface area contributed by atoms with Crippen LogP contribution in [0.5, 0.6) is 0 Å². The Morgan fingerprint density at radius 1 is 1.08 bits per heavy atom. The second kappa shape index (κ2) is 8.15. The van der Waals surface area contributed by atoms with E-state index in [0.717, 1.165) is 31.6 Å². The molecular formula is C18H25N3O3. The van der Waals surface area contributed by atoms with Gasteiger partial charge in [0.05, 0.1) is 6.54 Å². The zero-order chi connectivity index (χ0) is 16.8. The first kappa shape index (κ1) is 16.8. The van der Waals surface area contributed by atoms with Crippen molar-refractivity contribution >= 4 is 23.2 Å². The number of benzene rings is 1. The second-order valence-corrected chi connectivity index (χ2v) is 6.36. The average Bonchev–Trinajstić information content (AvgIpc) is 3.16. The van der Waals surface area contributed by atoms with Gasteiger partial charge in [-0.3, -0.25) is 9.59 Å². The van der Waals surface area contributed by atoms with Crippen LogP contribution in [0.1, 0.15) is 32.1 Å². The van der Waals surface area contributed by atoms with E-state index in [1.54, 1.807) is 0 Å². The molecular weight excluding hydrogens is 306 g/mol. The van der Waals surface area contributed by atoms with Gasteiger partial charge in [-0.15, -0.1) is 0 Å². The molecule has 6 heteroatoms. The lowest BCUT2D eigenvalue weighted by atomic mass is 10.1. The van der Waals surface area contributed by atoms with E-state index in [1.807, 2.05) is 24.3 Å². The van der Waals surface area contributed by atoms with Crippen molar-refractivity contribution in [2.45, 2.75) is 38.2 Å². The molecule has 0 aliphatic carbocycles. The molecule has 1 unspecified atom stereocenters. The van der Waals surface area contributed by atoms with Crippen molar-refractivity contribution in [3.63, 3.8) is 0 Å². The van der Waals surface area contributed by atoms with Crippen LogP contribution in [0, 0.1) is 0 Å². The Hall–Kier alpha value is -2.08. The highest BCUT2D eigenvalue weighted by Gasteiger charge is 2.23. The van der Waals surface area contributed by atoms with Crippen LogP contribution in [-0.2, 0) is 14.3 Å². The van der Waals surface area contributed by atoms with Gasteiger partial charge in [-0.05, 0) is 56.4 Å². The van der Waals surface area contributed by atoms with Crippen LogP contribution in [0.2, 0.25) is 0 Å². The van der Waals surface area contributed by atoms with Gasteiger partial charge in [0.15, 0.2) is 0 Å². The summed E-state index contributed by atoms with van der Waals surface area (Å²) < 4.78 is 5.29. The quantitative estimate of drug-likeness (QED) is 0.865. The molecule has 1 atom stereocenters. The van der Waals surface area contributed by atoms with E-state index in [1.165, 1.54) is 24.9 Å². The molecule has 24 heavy (non-hydrogen) atoms. The van der Waals surface area contributed by atoms with E-state index >= 15 is 0 Å². The van der Waals surface area contributed by atoms with Gasteiger partial charge >= 0.3 is 0 Å². The van der Waals surface area contributed by atoms with Crippen molar-refractivity contribution in [1.82, 2.24) is 5.32 Å². The predicted molar refractivity (Wildman–Crippen MR) is 93.1 cm³/mol. The molecule has 3 rings (SSSR count). The SMILES string of the molecule is O=C(CNC(=O)C1CCCO1)Nc1ccc(N2CCCCC2)cc1. The molecule has 2 amide bonds. The van der Waals surface area contributed by atoms with Crippen LogP contribution in [0.25, 0.3) is 0 Å². The van der Waals surface area contributed by atoms with Crippen LogP contribution >= 0.6 is 0 Å². The van der Waals surface area contributed by atoms with E-state index in [0.29, 0.717) is 6.61 Å². The lowest BCUT2D eigenvalue weighted by Crippen LogP contribution is -2.39. The summed E-state index contributed by atoms with van der Waals surface area (Å²) in [5.41, 5.74) is 1.94. The minimum Gasteiger partial charge on any atom is -0.372 e. The highest BCUT2D eigenvalue weighted by molar-refractivity contribution is 5.95. The molecule has 2 aliphatic heterocycles. The molecule has 2 fully saturated rings. The van der Waals surface area contributed by atoms with Crippen LogP contribution in [-0.4, -0.2) is 44.2 Å². The molecule has 1 aromatic carbocycles. The molecule has 0 bridgehead atoms. The highest BCUT2D eigenvalue weighted by atomic mass is 16.5. The smallest absolute Gasteiger partial charge is 0.249 e. The Labute approximate surface area is 142 Å². The summed E-state index contributed by atoms with van der Waals surface area (Å²) >= 11 is 0. The summed E-state index contributed by atoms with van der Waals surface area (Å²) in [5, 5.41) is 5.43. The third-order valence-corrected chi connectivity index (χ3v) is 4.52. The molecule has 2 saturated heterocycles. The molecule has 130 valence electrons. The molecule has 2 aliphatic rings. The minimum absolute atomic E-state index is 0.0351. The highest BCUT2D eigenvalue weighted by Crippen LogP contribution is 2.21. The second-order valence-electron chi connectivity index (χ2n) is 6.36. The monoisotopic (exact) mass is 331 g/mol. The maximum Gasteiger partial charge on any atom is 0.249 e. The zero-order valence-corrected chi connectivity index (χ0v) is 13.9.